The van der Waals surface area contributed by atoms with Crippen LogP contribution in [0.5, 0.6) is 0 Å². The van der Waals surface area contributed by atoms with Crippen LogP contribution >= 0.6 is 0 Å². The largest absolute Gasteiger partial charge is 0.478 e. The Labute approximate surface area is 98.8 Å². The van der Waals surface area contributed by atoms with Gasteiger partial charge in [-0.15, -0.1) is 0 Å². The molecular formula is C10H12N2O4S. The van der Waals surface area contributed by atoms with E-state index < -0.39 is 16.2 Å². The molecule has 0 aliphatic carbocycles. The van der Waals surface area contributed by atoms with Crippen LogP contribution in [-0.4, -0.2) is 30.3 Å². The van der Waals surface area contributed by atoms with Crippen LogP contribution in [0.2, 0.25) is 0 Å². The first-order chi connectivity index (χ1) is 7.88. The van der Waals surface area contributed by atoms with Crippen molar-refractivity contribution in [2.45, 2.75) is 13.0 Å². The molecule has 0 spiro atoms. The molecule has 0 fully saturated rings. The van der Waals surface area contributed by atoms with Crippen molar-refractivity contribution in [3.8, 4) is 0 Å². The van der Waals surface area contributed by atoms with Crippen LogP contribution in [0.25, 0.3) is 0 Å². The van der Waals surface area contributed by atoms with Gasteiger partial charge in [-0.05, 0) is 29.7 Å². The van der Waals surface area contributed by atoms with Gasteiger partial charge < -0.3 is 5.11 Å². The Balaban J connectivity index is 2.36. The fourth-order valence-corrected chi connectivity index (χ4v) is 2.55. The number of hydrogen-bond donors (Lipinski definition) is 2. The molecule has 0 unspecified atom stereocenters. The number of nitrogens with two attached hydrogens (primary N) is 1. The monoisotopic (exact) mass is 256 g/mol. The summed E-state index contributed by atoms with van der Waals surface area (Å²) in [5, 5.41) is 13.9. The van der Waals surface area contributed by atoms with E-state index in [9.17, 15) is 13.2 Å². The molecule has 0 saturated heterocycles. The van der Waals surface area contributed by atoms with Gasteiger partial charge in [0.1, 0.15) is 0 Å². The molecule has 3 N–H and O–H groups in total. The molecule has 0 aromatic heterocycles. The van der Waals surface area contributed by atoms with E-state index in [1.165, 1.54) is 12.1 Å². The zero-order valence-corrected chi connectivity index (χ0v) is 9.77. The third-order valence-corrected chi connectivity index (χ3v) is 3.82. The average Bonchev–Trinajstić information content (AvgIpc) is 2.26. The van der Waals surface area contributed by atoms with Crippen molar-refractivity contribution in [1.82, 2.24) is 4.31 Å². The number of carbonyl (C=O) groups is 1. The molecule has 17 heavy (non-hydrogen) atoms. The van der Waals surface area contributed by atoms with Crippen molar-refractivity contribution in [1.29, 1.82) is 0 Å². The van der Waals surface area contributed by atoms with Gasteiger partial charge in [0.15, 0.2) is 0 Å². The molecule has 0 saturated carbocycles. The first kappa shape index (κ1) is 12.0. The number of fused-ring (bicyclic) bond motifs is 1. The number of nitrogens with zero attached hydrogens (tertiary/aromatic N) is 1. The maximum absolute atomic E-state index is 11.2. The number of carboxylic acid groups (broad SMARTS) is 1. The summed E-state index contributed by atoms with van der Waals surface area (Å²) in [7, 11) is -3.72. The molecule has 1 aromatic rings. The van der Waals surface area contributed by atoms with Crippen LogP contribution in [0.15, 0.2) is 18.2 Å². The van der Waals surface area contributed by atoms with Crippen LogP contribution in [0.3, 0.4) is 0 Å². The Hall–Kier alpha value is -1.44. The SMILES string of the molecule is NS(=O)(=O)N1CCc2ccc(C(=O)O)cc2C1. The molecule has 0 atom stereocenters. The third kappa shape index (κ3) is 2.46. The molecule has 92 valence electrons. The summed E-state index contributed by atoms with van der Waals surface area (Å²) in [4.78, 5) is 10.8. The Bertz CT molecular complexity index is 568. The van der Waals surface area contributed by atoms with Gasteiger partial charge in [-0.2, -0.15) is 12.7 Å². The second kappa shape index (κ2) is 4.10. The minimum Gasteiger partial charge on any atom is -0.478 e. The lowest BCUT2D eigenvalue weighted by molar-refractivity contribution is 0.0696. The highest BCUT2D eigenvalue weighted by atomic mass is 32.2. The lowest BCUT2D eigenvalue weighted by Gasteiger charge is -2.26. The number of benzene rings is 1. The minimum absolute atomic E-state index is 0.134. The predicted octanol–water partition coefficient (Wildman–Crippen LogP) is -0.0536. The van der Waals surface area contributed by atoms with E-state index in [0.717, 1.165) is 9.87 Å². The number of carboxylic acids is 1. The highest BCUT2D eigenvalue weighted by Gasteiger charge is 2.24. The molecule has 6 nitrogen and oxygen atoms in total. The number of rotatable bonds is 2. The Kier molecular flexibility index (Phi) is 2.90. The summed E-state index contributed by atoms with van der Waals surface area (Å²) in [6, 6.07) is 4.74. The fraction of sp³-hybridized carbons (Fsp3) is 0.300. The second-order valence-electron chi connectivity index (χ2n) is 3.92. The normalized spacial score (nSPS) is 16.5. The van der Waals surface area contributed by atoms with Gasteiger partial charge in [-0.3, -0.25) is 0 Å². The zero-order chi connectivity index (χ0) is 12.6. The minimum atomic E-state index is -3.72. The average molecular weight is 256 g/mol. The van der Waals surface area contributed by atoms with Crippen LogP contribution in [-0.2, 0) is 23.2 Å². The standard InChI is InChI=1S/C10H12N2O4S/c11-17(15,16)12-4-3-7-1-2-8(10(13)14)5-9(7)6-12/h1-2,5H,3-4,6H2,(H,13,14)(H2,11,15,16). The van der Waals surface area contributed by atoms with Crippen LogP contribution in [0, 0.1) is 0 Å². The Morgan fingerprint density at radius 2 is 2.06 bits per heavy atom. The molecule has 1 heterocycles. The van der Waals surface area contributed by atoms with E-state index in [1.54, 1.807) is 6.07 Å². The zero-order valence-electron chi connectivity index (χ0n) is 8.96. The highest BCUT2D eigenvalue weighted by molar-refractivity contribution is 7.86. The number of hydrogen-bond acceptors (Lipinski definition) is 3. The summed E-state index contributed by atoms with van der Waals surface area (Å²) in [5.74, 6) is -1.03. The van der Waals surface area contributed by atoms with Crippen molar-refractivity contribution in [3.05, 3.63) is 34.9 Å². The Morgan fingerprint density at radius 1 is 1.35 bits per heavy atom. The Morgan fingerprint density at radius 3 is 2.65 bits per heavy atom. The summed E-state index contributed by atoms with van der Waals surface area (Å²) in [6.45, 7) is 0.466. The highest BCUT2D eigenvalue weighted by Crippen LogP contribution is 2.21. The second-order valence-corrected chi connectivity index (χ2v) is 5.46. The van der Waals surface area contributed by atoms with Crippen LogP contribution in [0.1, 0.15) is 21.5 Å². The van der Waals surface area contributed by atoms with Crippen LogP contribution < -0.4 is 5.14 Å². The molecule has 0 bridgehead atoms. The maximum Gasteiger partial charge on any atom is 0.335 e. The van der Waals surface area contributed by atoms with Crippen molar-refractivity contribution >= 4 is 16.2 Å². The van der Waals surface area contributed by atoms with Gasteiger partial charge in [0.2, 0.25) is 0 Å². The molecule has 0 amide bonds. The van der Waals surface area contributed by atoms with Gasteiger partial charge in [0, 0.05) is 13.1 Å². The topological polar surface area (TPSA) is 101 Å². The summed E-state index contributed by atoms with van der Waals surface area (Å²) >= 11 is 0. The van der Waals surface area contributed by atoms with Gasteiger partial charge in [-0.25, -0.2) is 9.93 Å². The van der Waals surface area contributed by atoms with Crippen molar-refractivity contribution < 1.29 is 18.3 Å². The van der Waals surface area contributed by atoms with E-state index >= 15 is 0 Å². The third-order valence-electron chi connectivity index (χ3n) is 2.79. The smallest absolute Gasteiger partial charge is 0.335 e. The van der Waals surface area contributed by atoms with Crippen molar-refractivity contribution in [3.63, 3.8) is 0 Å². The molecule has 2 rings (SSSR count). The van der Waals surface area contributed by atoms with Crippen molar-refractivity contribution in [2.75, 3.05) is 6.54 Å². The van der Waals surface area contributed by atoms with E-state index in [2.05, 4.69) is 0 Å². The molecule has 7 heteroatoms. The van der Waals surface area contributed by atoms with E-state index in [1.807, 2.05) is 0 Å². The van der Waals surface area contributed by atoms with Gasteiger partial charge in [0.25, 0.3) is 10.2 Å². The molecule has 0 radical (unpaired) electrons. The fourth-order valence-electron chi connectivity index (χ4n) is 1.88. The molecule has 1 aliphatic heterocycles. The van der Waals surface area contributed by atoms with Crippen LogP contribution in [0.4, 0.5) is 0 Å². The van der Waals surface area contributed by atoms with E-state index in [0.29, 0.717) is 18.5 Å². The number of aromatic carboxylic acids is 1. The summed E-state index contributed by atoms with van der Waals surface area (Å²) < 4.78 is 23.5. The first-order valence-corrected chi connectivity index (χ1v) is 6.51. The molecular weight excluding hydrogens is 244 g/mol. The maximum atomic E-state index is 11.2. The molecule has 1 aromatic carbocycles. The molecule has 1 aliphatic rings. The lowest BCUT2D eigenvalue weighted by atomic mass is 9.99. The van der Waals surface area contributed by atoms with Crippen molar-refractivity contribution in [2.24, 2.45) is 5.14 Å². The van der Waals surface area contributed by atoms with Gasteiger partial charge in [-0.1, -0.05) is 6.07 Å². The van der Waals surface area contributed by atoms with E-state index in [-0.39, 0.29) is 12.1 Å². The first-order valence-electron chi connectivity index (χ1n) is 5.01. The van der Waals surface area contributed by atoms with Gasteiger partial charge in [0.05, 0.1) is 5.56 Å². The predicted molar refractivity (Wildman–Crippen MR) is 60.6 cm³/mol. The quantitative estimate of drug-likeness (QED) is 0.774. The van der Waals surface area contributed by atoms with E-state index in [4.69, 9.17) is 10.2 Å². The summed E-state index contributed by atoms with van der Waals surface area (Å²) in [5.41, 5.74) is 1.82. The summed E-state index contributed by atoms with van der Waals surface area (Å²) in [6.07, 6.45) is 0.547. The van der Waals surface area contributed by atoms with Gasteiger partial charge >= 0.3 is 5.97 Å². The lowest BCUT2D eigenvalue weighted by Crippen LogP contribution is -2.40.